The summed E-state index contributed by atoms with van der Waals surface area (Å²) in [6, 6.07) is 6.10. The fourth-order valence-electron chi connectivity index (χ4n) is 1.52. The van der Waals surface area contributed by atoms with Crippen LogP contribution in [0.4, 0.5) is 5.69 Å². The number of rotatable bonds is 1. The molecule has 0 bridgehead atoms. The van der Waals surface area contributed by atoms with Crippen LogP contribution in [0.25, 0.3) is 0 Å². The molecule has 0 radical (unpaired) electrons. The van der Waals surface area contributed by atoms with Gasteiger partial charge in [0.25, 0.3) is 0 Å². The van der Waals surface area contributed by atoms with Crippen molar-refractivity contribution in [3.05, 3.63) is 23.8 Å². The molecule has 2 rings (SSSR count). The fourth-order valence-corrected chi connectivity index (χ4v) is 1.52. The van der Waals surface area contributed by atoms with Crippen molar-refractivity contribution in [2.75, 3.05) is 25.1 Å². The van der Waals surface area contributed by atoms with Crippen molar-refractivity contribution < 1.29 is 4.74 Å². The maximum Gasteiger partial charge on any atom is 0.142 e. The summed E-state index contributed by atoms with van der Waals surface area (Å²) in [5, 5.41) is 0. The minimum Gasteiger partial charge on any atom is -0.490 e. The molecule has 0 fully saturated rings. The van der Waals surface area contributed by atoms with Gasteiger partial charge in [0.15, 0.2) is 0 Å². The number of nitrogens with zero attached hydrogens (tertiary/aromatic N) is 1. The van der Waals surface area contributed by atoms with E-state index in [1.165, 1.54) is 0 Å². The summed E-state index contributed by atoms with van der Waals surface area (Å²) < 4.78 is 5.51. The van der Waals surface area contributed by atoms with Crippen LogP contribution < -0.4 is 15.4 Å². The predicted octanol–water partition coefficient (Wildman–Crippen LogP) is 1.82. The van der Waals surface area contributed by atoms with Gasteiger partial charge in [0, 0.05) is 13.6 Å². The molecule has 0 atom stereocenters. The first-order valence-electron chi connectivity index (χ1n) is 4.48. The Morgan fingerprint density at radius 3 is 2.80 bits per heavy atom. The van der Waals surface area contributed by atoms with E-state index < -0.39 is 0 Å². The van der Waals surface area contributed by atoms with Crippen LogP contribution in [0.3, 0.4) is 0 Å². The Balaban J connectivity index is 0.000000980. The zero-order chi connectivity index (χ0) is 9.26. The molecule has 1 heterocycles. The van der Waals surface area contributed by atoms with Crippen molar-refractivity contribution >= 4 is 30.5 Å². The highest BCUT2D eigenvalue weighted by Crippen LogP contribution is 2.31. The zero-order valence-electron chi connectivity index (χ0n) is 8.60. The summed E-state index contributed by atoms with van der Waals surface area (Å²) in [6.07, 6.45) is 0. The topological polar surface area (TPSA) is 38.5 Å². The average Bonchev–Trinajstić information content (AvgIpc) is 2.18. The number of anilines is 1. The van der Waals surface area contributed by atoms with Gasteiger partial charge in [-0.3, -0.25) is 0 Å². The second-order valence-electron chi connectivity index (χ2n) is 3.28. The van der Waals surface area contributed by atoms with Gasteiger partial charge in [-0.05, 0) is 17.7 Å². The standard InChI is InChI=1S/C10H14N2O.2ClH/c1-12-4-5-13-10-3-2-8(7-11)6-9(10)12;;/h2-3,6H,4-5,7,11H2,1H3;2*1H. The van der Waals surface area contributed by atoms with E-state index in [-0.39, 0.29) is 24.8 Å². The van der Waals surface area contributed by atoms with Crippen molar-refractivity contribution in [2.24, 2.45) is 5.73 Å². The molecule has 3 nitrogen and oxygen atoms in total. The largest absolute Gasteiger partial charge is 0.490 e. The Labute approximate surface area is 102 Å². The summed E-state index contributed by atoms with van der Waals surface area (Å²) in [6.45, 7) is 2.30. The third-order valence-electron chi connectivity index (χ3n) is 2.35. The maximum atomic E-state index is 5.57. The molecule has 0 spiro atoms. The maximum absolute atomic E-state index is 5.57. The molecule has 0 aliphatic carbocycles. The van der Waals surface area contributed by atoms with Crippen molar-refractivity contribution in [3.63, 3.8) is 0 Å². The molecule has 0 unspecified atom stereocenters. The number of likely N-dealkylation sites (N-methyl/N-ethyl adjacent to an activating group) is 1. The Kier molecular flexibility index (Phi) is 5.80. The number of ether oxygens (including phenoxy) is 1. The van der Waals surface area contributed by atoms with Crippen LogP contribution >= 0.6 is 24.8 Å². The summed E-state index contributed by atoms with van der Waals surface area (Å²) in [5.74, 6) is 0.964. The number of benzene rings is 1. The van der Waals surface area contributed by atoms with Crippen LogP contribution in [0, 0.1) is 0 Å². The van der Waals surface area contributed by atoms with Crippen LogP contribution in [0.15, 0.2) is 18.2 Å². The highest BCUT2D eigenvalue weighted by Gasteiger charge is 2.14. The van der Waals surface area contributed by atoms with Crippen LogP contribution in [-0.4, -0.2) is 20.2 Å². The summed E-state index contributed by atoms with van der Waals surface area (Å²) >= 11 is 0. The molecule has 1 aromatic rings. The third-order valence-corrected chi connectivity index (χ3v) is 2.35. The molecule has 1 aromatic carbocycles. The number of fused-ring (bicyclic) bond motifs is 1. The Bertz CT molecular complexity index is 320. The first-order valence-corrected chi connectivity index (χ1v) is 4.48. The molecule has 0 saturated heterocycles. The monoisotopic (exact) mass is 250 g/mol. The van der Waals surface area contributed by atoms with Crippen LogP contribution in [0.2, 0.25) is 0 Å². The van der Waals surface area contributed by atoms with Crippen LogP contribution in [-0.2, 0) is 6.54 Å². The van der Waals surface area contributed by atoms with Gasteiger partial charge in [-0.1, -0.05) is 6.07 Å². The van der Waals surface area contributed by atoms with Crippen molar-refractivity contribution in [1.82, 2.24) is 0 Å². The molecule has 1 aliphatic heterocycles. The van der Waals surface area contributed by atoms with E-state index in [0.29, 0.717) is 6.54 Å². The minimum atomic E-state index is 0. The SMILES string of the molecule is CN1CCOc2ccc(CN)cc21.Cl.Cl. The van der Waals surface area contributed by atoms with Gasteiger partial charge >= 0.3 is 0 Å². The lowest BCUT2D eigenvalue weighted by Crippen LogP contribution is -2.28. The summed E-state index contributed by atoms with van der Waals surface area (Å²) in [5.41, 5.74) is 7.87. The summed E-state index contributed by atoms with van der Waals surface area (Å²) in [7, 11) is 2.07. The number of halogens is 2. The minimum absolute atomic E-state index is 0. The molecular formula is C10H16Cl2N2O. The highest BCUT2D eigenvalue weighted by atomic mass is 35.5. The molecule has 86 valence electrons. The molecule has 0 saturated carbocycles. The molecule has 1 aliphatic rings. The van der Waals surface area contributed by atoms with Gasteiger partial charge in [0.05, 0.1) is 12.2 Å². The number of hydrogen-bond acceptors (Lipinski definition) is 3. The van der Waals surface area contributed by atoms with Crippen molar-refractivity contribution in [3.8, 4) is 5.75 Å². The first kappa shape index (κ1) is 14.4. The van der Waals surface area contributed by atoms with E-state index in [1.807, 2.05) is 12.1 Å². The number of hydrogen-bond donors (Lipinski definition) is 1. The van der Waals surface area contributed by atoms with E-state index in [2.05, 4.69) is 18.0 Å². The van der Waals surface area contributed by atoms with Gasteiger partial charge in [-0.2, -0.15) is 0 Å². The smallest absolute Gasteiger partial charge is 0.142 e. The van der Waals surface area contributed by atoms with Gasteiger partial charge in [0.1, 0.15) is 12.4 Å². The van der Waals surface area contributed by atoms with Crippen LogP contribution in [0.5, 0.6) is 5.75 Å². The van der Waals surface area contributed by atoms with Gasteiger partial charge in [0.2, 0.25) is 0 Å². The zero-order valence-corrected chi connectivity index (χ0v) is 10.2. The lowest BCUT2D eigenvalue weighted by molar-refractivity contribution is 0.311. The molecule has 0 amide bonds. The van der Waals surface area contributed by atoms with Crippen LogP contribution in [0.1, 0.15) is 5.56 Å². The second kappa shape index (κ2) is 6.05. The van der Waals surface area contributed by atoms with E-state index in [4.69, 9.17) is 10.5 Å². The lowest BCUT2D eigenvalue weighted by atomic mass is 10.1. The van der Waals surface area contributed by atoms with E-state index in [0.717, 1.165) is 30.2 Å². The molecular weight excluding hydrogens is 235 g/mol. The van der Waals surface area contributed by atoms with E-state index in [9.17, 15) is 0 Å². The highest BCUT2D eigenvalue weighted by molar-refractivity contribution is 5.85. The Morgan fingerprint density at radius 2 is 2.13 bits per heavy atom. The quantitative estimate of drug-likeness (QED) is 0.827. The first-order chi connectivity index (χ1) is 6.31. The average molecular weight is 251 g/mol. The molecule has 15 heavy (non-hydrogen) atoms. The Morgan fingerprint density at radius 1 is 1.40 bits per heavy atom. The molecule has 5 heteroatoms. The Hall–Kier alpha value is -0.640. The van der Waals surface area contributed by atoms with Gasteiger partial charge in [-0.25, -0.2) is 0 Å². The van der Waals surface area contributed by atoms with E-state index in [1.54, 1.807) is 0 Å². The summed E-state index contributed by atoms with van der Waals surface area (Å²) in [4.78, 5) is 2.19. The fraction of sp³-hybridized carbons (Fsp3) is 0.400. The molecule has 0 aromatic heterocycles. The number of nitrogens with two attached hydrogens (primary N) is 1. The van der Waals surface area contributed by atoms with Gasteiger partial charge in [-0.15, -0.1) is 24.8 Å². The van der Waals surface area contributed by atoms with Gasteiger partial charge < -0.3 is 15.4 Å². The van der Waals surface area contributed by atoms with Crippen molar-refractivity contribution in [1.29, 1.82) is 0 Å². The van der Waals surface area contributed by atoms with Crippen molar-refractivity contribution in [2.45, 2.75) is 6.54 Å². The second-order valence-corrected chi connectivity index (χ2v) is 3.28. The van der Waals surface area contributed by atoms with E-state index >= 15 is 0 Å². The molecule has 2 N–H and O–H groups in total. The normalized spacial score (nSPS) is 13.1. The lowest BCUT2D eigenvalue weighted by Gasteiger charge is -2.27. The third kappa shape index (κ3) is 2.91. The predicted molar refractivity (Wildman–Crippen MR) is 67.6 cm³/mol.